The number of fused-ring (bicyclic) bond motifs is 2. The van der Waals surface area contributed by atoms with Gasteiger partial charge in [0.2, 0.25) is 11.8 Å². The van der Waals surface area contributed by atoms with Crippen LogP contribution >= 0.6 is 28.7 Å². The fraction of sp³-hybridized carbons (Fsp3) is 0.667. The number of carbonyl (C=O) groups excluding carboxylic acids is 2. The third-order valence-corrected chi connectivity index (χ3v) is 7.29. The van der Waals surface area contributed by atoms with E-state index in [4.69, 9.17) is 1.37 Å². The molecule has 36 heavy (non-hydrogen) atoms. The Bertz CT molecular complexity index is 1100. The molecule has 0 atom stereocenters. The maximum absolute atomic E-state index is 11.9. The first kappa shape index (κ1) is 27.1. The fourth-order valence-electron chi connectivity index (χ4n) is 4.46. The number of nitrogens with zero attached hydrogens (tertiary/aromatic N) is 7. The first-order valence-corrected chi connectivity index (χ1v) is 13.7. The van der Waals surface area contributed by atoms with Crippen LogP contribution < -0.4 is 0 Å². The Morgan fingerprint density at radius 1 is 1.03 bits per heavy atom. The number of halogens is 1. The van der Waals surface area contributed by atoms with Crippen molar-refractivity contribution in [1.29, 1.82) is 0 Å². The fourth-order valence-corrected chi connectivity index (χ4v) is 4.98. The van der Waals surface area contributed by atoms with E-state index >= 15 is 0 Å². The van der Waals surface area contributed by atoms with E-state index in [2.05, 4.69) is 59.8 Å². The van der Waals surface area contributed by atoms with Crippen molar-refractivity contribution in [3.63, 3.8) is 0 Å². The van der Waals surface area contributed by atoms with Gasteiger partial charge in [0.05, 0.1) is 30.7 Å². The van der Waals surface area contributed by atoms with Crippen molar-refractivity contribution in [3.05, 3.63) is 33.8 Å². The van der Waals surface area contributed by atoms with E-state index in [1.807, 2.05) is 29.8 Å². The van der Waals surface area contributed by atoms with Crippen molar-refractivity contribution in [1.82, 2.24) is 28.9 Å². The van der Waals surface area contributed by atoms with E-state index in [0.717, 1.165) is 41.6 Å². The van der Waals surface area contributed by atoms with Gasteiger partial charge in [0, 0.05) is 26.3 Å². The molecule has 0 spiro atoms. The molecule has 0 unspecified atom stereocenters. The van der Waals surface area contributed by atoms with Gasteiger partial charge >= 0.3 is 24.8 Å². The average Bonchev–Trinajstić information content (AvgIpc) is 3.81. The van der Waals surface area contributed by atoms with Crippen LogP contribution in [0.25, 0.3) is 0 Å². The van der Waals surface area contributed by atoms with Crippen LogP contribution in [-0.4, -0.2) is 61.4 Å². The van der Waals surface area contributed by atoms with Gasteiger partial charge < -0.3 is 18.9 Å². The number of rotatable bonds is 4. The van der Waals surface area contributed by atoms with E-state index in [-0.39, 0.29) is 11.8 Å². The second-order valence-corrected chi connectivity index (χ2v) is 9.95. The average molecular weight is 578 g/mol. The van der Waals surface area contributed by atoms with Gasteiger partial charge in [0.1, 0.15) is 29.3 Å². The van der Waals surface area contributed by atoms with E-state index in [9.17, 15) is 9.59 Å². The Balaban J connectivity index is 0.000000170. The van der Waals surface area contributed by atoms with Crippen molar-refractivity contribution in [2.45, 2.75) is 91.4 Å². The molecule has 12 heteroatoms. The third-order valence-electron chi connectivity index (χ3n) is 6.66. The van der Waals surface area contributed by atoms with Gasteiger partial charge in [-0.2, -0.15) is 0 Å². The molecule has 2 aliphatic carbocycles. The molecule has 2 aliphatic heterocycles. The number of likely N-dealkylation sites (N-methyl/N-ethyl adjacent to an activating group) is 2. The van der Waals surface area contributed by atoms with E-state index in [1.165, 1.54) is 31.4 Å². The van der Waals surface area contributed by atoms with Crippen molar-refractivity contribution in [2.75, 3.05) is 13.1 Å². The van der Waals surface area contributed by atoms with Crippen LogP contribution in [0.2, 0.25) is 0 Å². The van der Waals surface area contributed by atoms with Crippen LogP contribution in [0.1, 0.15) is 89.6 Å². The molecule has 2 fully saturated rings. The summed E-state index contributed by atoms with van der Waals surface area (Å²) in [7, 11) is 4.34. The molecule has 1 radical (unpaired) electrons. The zero-order valence-electron chi connectivity index (χ0n) is 22.4. The predicted octanol–water partition coefficient (Wildman–Crippen LogP) is 4.22. The number of amides is 2. The summed E-state index contributed by atoms with van der Waals surface area (Å²) in [6.45, 7) is 10.3. The molecule has 9 nitrogen and oxygen atoms in total. The van der Waals surface area contributed by atoms with E-state index < -0.39 is 0 Å². The summed E-state index contributed by atoms with van der Waals surface area (Å²) in [6, 6.07) is 0. The molecule has 195 valence electrons. The van der Waals surface area contributed by atoms with Crippen molar-refractivity contribution in [2.24, 2.45) is 4.30 Å². The second kappa shape index (κ2) is 13.0. The number of carbonyl (C=O) groups is 2. The molecule has 0 bridgehead atoms. The van der Waals surface area contributed by atoms with Crippen LogP contribution in [0.3, 0.4) is 0 Å². The Labute approximate surface area is 230 Å². The Morgan fingerprint density at radius 2 is 1.53 bits per heavy atom. The predicted molar refractivity (Wildman–Crippen MR) is 147 cm³/mol. The summed E-state index contributed by atoms with van der Waals surface area (Å²) in [5.41, 5.74) is 2.35. The molecular weight excluding hydrogens is 541 g/mol. The molecule has 2 aromatic rings. The normalized spacial score (nSPS) is 18.4. The van der Waals surface area contributed by atoms with Gasteiger partial charge in [0.25, 0.3) is 0 Å². The summed E-state index contributed by atoms with van der Waals surface area (Å²) < 4.78 is 14.0. The third kappa shape index (κ3) is 6.48. The molecule has 2 saturated carbocycles. The molecule has 2 aromatic heterocycles. The number of imidazole rings is 2. The minimum absolute atomic E-state index is 0.210. The number of aromatic nitrogens is 4. The molecule has 4 heterocycles. The molecule has 2 amide bonds. The number of hydrogen-bond donors (Lipinski definition) is 1. The van der Waals surface area contributed by atoms with E-state index in [1.54, 1.807) is 6.92 Å². The van der Waals surface area contributed by atoms with Crippen LogP contribution in [0.4, 0.5) is 0 Å². The monoisotopic (exact) mass is 577 g/mol. The summed E-state index contributed by atoms with van der Waals surface area (Å²) in [4.78, 5) is 36.4. The first-order valence-electron chi connectivity index (χ1n) is 13.2. The zero-order valence-corrected chi connectivity index (χ0v) is 23.8. The van der Waals surface area contributed by atoms with Gasteiger partial charge in [0.15, 0.2) is 0 Å². The first-order chi connectivity index (χ1) is 17.8. The summed E-state index contributed by atoms with van der Waals surface area (Å²) in [5, 5.41) is 0. The second-order valence-electron chi connectivity index (χ2n) is 8.97. The van der Waals surface area contributed by atoms with Gasteiger partial charge in [-0.05, 0) is 55.5 Å². The topological polar surface area (TPSA) is 88.6 Å². The Morgan fingerprint density at radius 3 is 2.06 bits per heavy atom. The standard InChI is InChI=1S/C11H14BrN3O.C11H15N3O.C2H6.BHNS/c1-2-14-5-8-10(12)13-11(7-3-4-7)15(8)6-9(14)16;1-2-13-6-9-5-12-11(8-3-4-8)14(9)7-10(13)15;1-2;1-2-3/h7H,2-6H2,1H3;5,8H,2-4,6-7H2,1H3;1-2H3;3H/i;;1D;. The van der Waals surface area contributed by atoms with Crippen molar-refractivity contribution < 1.29 is 11.0 Å². The van der Waals surface area contributed by atoms with Gasteiger partial charge in [-0.3, -0.25) is 9.59 Å². The number of hydrogen-bond acceptors (Lipinski definition) is 6. The summed E-state index contributed by atoms with van der Waals surface area (Å²) in [6.07, 6.45) is 6.84. The zero-order chi connectivity index (χ0) is 27.1. The molecule has 4 aliphatic rings. The molecule has 0 N–H and O–H groups in total. The van der Waals surface area contributed by atoms with Gasteiger partial charge in [-0.25, -0.2) is 9.97 Å². The van der Waals surface area contributed by atoms with E-state index in [0.29, 0.717) is 38.4 Å². The SMILES string of the molecule is CCN1Cc2c(Br)nc(C3CC3)n2CC1=O.CCN1Cc2cnc(C3CC3)n2CC1=O.[2H]CC.[B]=NS. The molecule has 0 aromatic carbocycles. The Hall–Kier alpha value is -1.95. The number of thiol groups is 1. The van der Waals surface area contributed by atoms with Crippen LogP contribution in [0.5, 0.6) is 0 Å². The summed E-state index contributed by atoms with van der Waals surface area (Å²) in [5.74, 6) is 3.89. The van der Waals surface area contributed by atoms with Crippen LogP contribution in [-0.2, 0) is 35.8 Å². The van der Waals surface area contributed by atoms with Gasteiger partial charge in [-0.15, -0.1) is 0 Å². The maximum atomic E-state index is 11.9. The van der Waals surface area contributed by atoms with Crippen LogP contribution in [0, 0.1) is 0 Å². The summed E-state index contributed by atoms with van der Waals surface area (Å²) >= 11 is 6.70. The van der Waals surface area contributed by atoms with Crippen molar-refractivity contribution in [3.8, 4) is 0 Å². The minimum atomic E-state index is 0.210. The van der Waals surface area contributed by atoms with Crippen LogP contribution in [0.15, 0.2) is 15.1 Å². The Kier molecular flexibility index (Phi) is 9.81. The quantitative estimate of drug-likeness (QED) is 0.435. The molecular formula is C24H36BBrN7O2S. The van der Waals surface area contributed by atoms with Crippen molar-refractivity contribution >= 4 is 48.2 Å². The molecule has 6 rings (SSSR count). The van der Waals surface area contributed by atoms with Gasteiger partial charge in [-0.1, -0.05) is 13.8 Å². The molecule has 0 saturated heterocycles.